The van der Waals surface area contributed by atoms with Crippen LogP contribution in [0.1, 0.15) is 65.2 Å². The lowest BCUT2D eigenvalue weighted by atomic mass is 9.45. The minimum absolute atomic E-state index is 0.0755. The smallest absolute Gasteiger partial charge is 0.0596 e. The number of aliphatic hydroxyl groups excluding tert-OH is 1. The molecule has 136 valence electrons. The second kappa shape index (κ2) is 5.80. The number of hydrogen-bond acceptors (Lipinski definition) is 4. The van der Waals surface area contributed by atoms with Crippen LogP contribution in [0.15, 0.2) is 11.6 Å². The van der Waals surface area contributed by atoms with Gasteiger partial charge >= 0.3 is 0 Å². The van der Waals surface area contributed by atoms with Crippen molar-refractivity contribution in [2.24, 2.45) is 34.5 Å². The van der Waals surface area contributed by atoms with Gasteiger partial charge in [-0.1, -0.05) is 25.5 Å². The average Bonchev–Trinajstić information content (AvgIpc) is 2.83. The SMILES string of the molecule is CC12CCC3C(CCC4CC(CN([O-])O)=CCC43C)C1CCC2O. The van der Waals surface area contributed by atoms with Crippen LogP contribution in [-0.2, 0) is 0 Å². The van der Waals surface area contributed by atoms with Crippen LogP contribution in [0.2, 0.25) is 0 Å². The first-order valence-electron chi connectivity index (χ1n) is 9.84. The number of rotatable bonds is 2. The lowest BCUT2D eigenvalue weighted by Gasteiger charge is -2.60. The Morgan fingerprint density at radius 1 is 1.12 bits per heavy atom. The van der Waals surface area contributed by atoms with Crippen molar-refractivity contribution in [3.05, 3.63) is 16.9 Å². The third-order valence-corrected chi connectivity index (χ3v) is 8.69. The molecule has 7 unspecified atom stereocenters. The summed E-state index contributed by atoms with van der Waals surface area (Å²) in [6.45, 7) is 4.96. The van der Waals surface area contributed by atoms with Crippen LogP contribution in [-0.4, -0.2) is 28.2 Å². The Bertz CT molecular complexity index is 533. The van der Waals surface area contributed by atoms with E-state index in [4.69, 9.17) is 5.21 Å². The molecule has 2 N–H and O–H groups in total. The molecule has 0 aliphatic heterocycles. The Labute approximate surface area is 145 Å². The Kier molecular flexibility index (Phi) is 4.11. The highest BCUT2D eigenvalue weighted by atomic mass is 16.8. The third kappa shape index (κ3) is 2.41. The first-order valence-corrected chi connectivity index (χ1v) is 9.84. The Morgan fingerprint density at radius 3 is 2.62 bits per heavy atom. The van der Waals surface area contributed by atoms with E-state index in [1.54, 1.807) is 0 Å². The van der Waals surface area contributed by atoms with Gasteiger partial charge in [-0.15, -0.1) is 0 Å². The zero-order valence-corrected chi connectivity index (χ0v) is 15.1. The minimum Gasteiger partial charge on any atom is -0.762 e. The predicted octanol–water partition coefficient (Wildman–Crippen LogP) is 4.12. The van der Waals surface area contributed by atoms with Crippen LogP contribution >= 0.6 is 0 Å². The molecule has 7 atom stereocenters. The molecular weight excluding hydrogens is 302 g/mol. The van der Waals surface area contributed by atoms with Crippen LogP contribution < -0.4 is 0 Å². The van der Waals surface area contributed by atoms with E-state index in [0.29, 0.717) is 17.3 Å². The maximum absolute atomic E-state index is 11.0. The van der Waals surface area contributed by atoms with Crippen molar-refractivity contribution in [1.29, 1.82) is 0 Å². The fraction of sp³-hybridized carbons (Fsp3) is 0.900. The highest BCUT2D eigenvalue weighted by Gasteiger charge is 2.59. The van der Waals surface area contributed by atoms with Crippen LogP contribution in [0.3, 0.4) is 0 Å². The monoisotopic (exact) mass is 334 g/mol. The summed E-state index contributed by atoms with van der Waals surface area (Å²) < 4.78 is 0. The molecule has 3 fully saturated rings. The summed E-state index contributed by atoms with van der Waals surface area (Å²) in [4.78, 5) is 0. The molecule has 0 radical (unpaired) electrons. The van der Waals surface area contributed by atoms with Gasteiger partial charge in [-0.05, 0) is 85.9 Å². The Morgan fingerprint density at radius 2 is 1.88 bits per heavy atom. The largest absolute Gasteiger partial charge is 0.762 e. The summed E-state index contributed by atoms with van der Waals surface area (Å²) in [7, 11) is 0. The molecule has 0 aromatic rings. The second-order valence-corrected chi connectivity index (χ2v) is 9.58. The summed E-state index contributed by atoms with van der Waals surface area (Å²) in [5, 5.41) is 30.6. The molecule has 0 amide bonds. The van der Waals surface area contributed by atoms with Crippen molar-refractivity contribution in [3.8, 4) is 0 Å². The van der Waals surface area contributed by atoms with Gasteiger partial charge in [0.25, 0.3) is 0 Å². The summed E-state index contributed by atoms with van der Waals surface area (Å²) in [6.07, 6.45) is 11.3. The summed E-state index contributed by atoms with van der Waals surface area (Å²) >= 11 is 0. The van der Waals surface area contributed by atoms with E-state index >= 15 is 0 Å². The van der Waals surface area contributed by atoms with Gasteiger partial charge in [-0.3, -0.25) is 5.23 Å². The summed E-state index contributed by atoms with van der Waals surface area (Å²) in [5.74, 6) is 2.87. The van der Waals surface area contributed by atoms with E-state index in [-0.39, 0.29) is 23.3 Å². The highest BCUT2D eigenvalue weighted by Crippen LogP contribution is 2.65. The summed E-state index contributed by atoms with van der Waals surface area (Å²) in [6, 6.07) is 0. The first kappa shape index (κ1) is 17.0. The Balaban J connectivity index is 1.57. The number of fused-ring (bicyclic) bond motifs is 5. The van der Waals surface area contributed by atoms with E-state index in [0.717, 1.165) is 36.7 Å². The molecule has 4 heteroatoms. The number of nitrogens with zero attached hydrogens (tertiary/aromatic N) is 1. The lowest BCUT2D eigenvalue weighted by Crippen LogP contribution is -2.53. The van der Waals surface area contributed by atoms with Crippen LogP contribution in [0.25, 0.3) is 0 Å². The number of allylic oxidation sites excluding steroid dienone is 1. The average molecular weight is 334 g/mol. The fourth-order valence-electron chi connectivity index (χ4n) is 7.23. The van der Waals surface area contributed by atoms with Crippen molar-refractivity contribution in [1.82, 2.24) is 5.23 Å². The van der Waals surface area contributed by atoms with Gasteiger partial charge in [0.15, 0.2) is 0 Å². The second-order valence-electron chi connectivity index (χ2n) is 9.58. The molecule has 0 saturated heterocycles. The zero-order chi connectivity index (χ0) is 17.1. The van der Waals surface area contributed by atoms with Gasteiger partial charge in [0.2, 0.25) is 0 Å². The molecular formula is C20H32NO3-. The lowest BCUT2D eigenvalue weighted by molar-refractivity contribution is -0.110. The fourth-order valence-corrected chi connectivity index (χ4v) is 7.23. The molecule has 4 aliphatic carbocycles. The van der Waals surface area contributed by atoms with Gasteiger partial charge in [0.1, 0.15) is 0 Å². The van der Waals surface area contributed by atoms with Crippen LogP contribution in [0, 0.1) is 39.7 Å². The topological polar surface area (TPSA) is 66.8 Å². The molecule has 4 aliphatic rings. The van der Waals surface area contributed by atoms with Gasteiger partial charge in [0.05, 0.1) is 6.10 Å². The van der Waals surface area contributed by atoms with Crippen LogP contribution in [0.4, 0.5) is 0 Å². The van der Waals surface area contributed by atoms with Crippen molar-refractivity contribution in [2.75, 3.05) is 6.54 Å². The van der Waals surface area contributed by atoms with Gasteiger partial charge in [-0.2, -0.15) is 0 Å². The van der Waals surface area contributed by atoms with Crippen LogP contribution in [0.5, 0.6) is 0 Å². The van der Waals surface area contributed by atoms with Crippen molar-refractivity contribution >= 4 is 0 Å². The molecule has 3 saturated carbocycles. The van der Waals surface area contributed by atoms with E-state index in [9.17, 15) is 10.3 Å². The van der Waals surface area contributed by atoms with E-state index in [1.807, 2.05) is 0 Å². The van der Waals surface area contributed by atoms with Gasteiger partial charge in [-0.25, -0.2) is 0 Å². The van der Waals surface area contributed by atoms with E-state index in [1.165, 1.54) is 32.1 Å². The van der Waals surface area contributed by atoms with Gasteiger partial charge < -0.3 is 15.5 Å². The number of aliphatic hydroxyl groups is 1. The molecule has 0 heterocycles. The molecule has 0 bridgehead atoms. The predicted molar refractivity (Wildman–Crippen MR) is 93.1 cm³/mol. The van der Waals surface area contributed by atoms with Crippen molar-refractivity contribution in [2.45, 2.75) is 71.3 Å². The first-order chi connectivity index (χ1) is 11.3. The molecule has 0 aromatic heterocycles. The quantitative estimate of drug-likeness (QED) is 0.589. The van der Waals surface area contributed by atoms with E-state index in [2.05, 4.69) is 19.9 Å². The molecule has 4 nitrogen and oxygen atoms in total. The third-order valence-electron chi connectivity index (χ3n) is 8.69. The zero-order valence-electron chi connectivity index (χ0n) is 15.1. The number of hydrogen-bond donors (Lipinski definition) is 2. The number of hydroxylamine groups is 2. The molecule has 4 rings (SSSR count). The minimum atomic E-state index is -0.0978. The molecule has 24 heavy (non-hydrogen) atoms. The normalized spacial score (nSPS) is 50.9. The van der Waals surface area contributed by atoms with Crippen molar-refractivity contribution in [3.63, 3.8) is 0 Å². The van der Waals surface area contributed by atoms with Gasteiger partial charge in [0, 0.05) is 6.54 Å². The maximum atomic E-state index is 11.0. The van der Waals surface area contributed by atoms with E-state index < -0.39 is 0 Å². The van der Waals surface area contributed by atoms with Crippen molar-refractivity contribution < 1.29 is 10.3 Å². The highest BCUT2D eigenvalue weighted by molar-refractivity contribution is 5.18. The standard InChI is InChI=1S/C20H32NO3/c1-19-9-7-13(12-21(23)24)11-14(19)3-4-15-16-5-6-18(22)20(16,2)10-8-17(15)19/h7,14-18,22-23H,3-6,8-12H2,1-2H3/q-1. The maximum Gasteiger partial charge on any atom is 0.0596 e. The molecule has 0 spiro atoms. The summed E-state index contributed by atoms with van der Waals surface area (Å²) in [5.41, 5.74) is 1.61. The Hall–Kier alpha value is -0.420. The molecule has 0 aromatic carbocycles.